The van der Waals surface area contributed by atoms with Crippen molar-refractivity contribution >= 4 is 5.97 Å². The van der Waals surface area contributed by atoms with Crippen LogP contribution in [0.3, 0.4) is 0 Å². The number of rotatable bonds is 1. The molecule has 0 aromatic heterocycles. The van der Waals surface area contributed by atoms with Crippen LogP contribution in [-0.2, 0) is 4.79 Å². The van der Waals surface area contributed by atoms with Crippen molar-refractivity contribution in [2.45, 2.75) is 31.2 Å². The van der Waals surface area contributed by atoms with Gasteiger partial charge in [-0.15, -0.1) is 0 Å². The molecule has 11 heavy (non-hydrogen) atoms. The molecule has 4 heteroatoms. The Hall–Kier alpha value is -0.0400. The van der Waals surface area contributed by atoms with E-state index in [1.54, 1.807) is 0 Å². The molecule has 0 amide bonds. The zero-order valence-corrected chi connectivity index (χ0v) is 8.59. The first-order valence-corrected chi connectivity index (χ1v) is 3.31. The number of hydrogen-bond acceptors (Lipinski definition) is 2. The van der Waals surface area contributed by atoms with Gasteiger partial charge < -0.3 is 14.7 Å². The summed E-state index contributed by atoms with van der Waals surface area (Å²) in [6, 6.07) is 0. The minimum Gasteiger partial charge on any atom is -0.542 e. The van der Waals surface area contributed by atoms with E-state index in [0.29, 0.717) is 12.8 Å². The van der Waals surface area contributed by atoms with Crippen molar-refractivity contribution < 1.29 is 39.5 Å². The van der Waals surface area contributed by atoms with Crippen molar-refractivity contribution in [2.24, 2.45) is 0 Å². The maximum Gasteiger partial charge on any atom is 1.00 e. The average molecular weight is 161 g/mol. The zero-order chi connectivity index (χ0) is 7.61. The first-order chi connectivity index (χ1) is 4.71. The molecule has 0 radical (unpaired) electrons. The van der Waals surface area contributed by atoms with Crippen LogP contribution < -0.4 is 34.7 Å². The van der Waals surface area contributed by atoms with E-state index in [1.807, 2.05) is 0 Å². The van der Waals surface area contributed by atoms with E-state index >= 15 is 0 Å². The predicted molar refractivity (Wildman–Crippen MR) is 32.8 cm³/mol. The second-order valence-electron chi connectivity index (χ2n) is 2.64. The van der Waals surface area contributed by atoms with Crippen molar-refractivity contribution in [2.75, 3.05) is 0 Å². The molecule has 54 valence electrons. The van der Waals surface area contributed by atoms with Crippen molar-refractivity contribution in [1.82, 2.24) is 0 Å². The molecule has 0 N–H and O–H groups in total. The Bertz CT molecular complexity index is 191. The Morgan fingerprint density at radius 3 is 2.09 bits per heavy atom. The van der Waals surface area contributed by atoms with Crippen LogP contribution in [0.25, 0.3) is 4.85 Å². The zero-order valence-electron chi connectivity index (χ0n) is 6.59. The van der Waals surface area contributed by atoms with E-state index in [4.69, 9.17) is 6.57 Å². The van der Waals surface area contributed by atoms with Crippen LogP contribution in [0.15, 0.2) is 0 Å². The third-order valence-electron chi connectivity index (χ3n) is 2.02. The molecule has 0 spiro atoms. The predicted octanol–water partition coefficient (Wildman–Crippen LogP) is -3.03. The third kappa shape index (κ3) is 1.96. The van der Waals surface area contributed by atoms with Gasteiger partial charge in [0.25, 0.3) is 5.54 Å². The Labute approximate surface area is 87.9 Å². The van der Waals surface area contributed by atoms with Gasteiger partial charge in [-0.3, -0.25) is 0 Å². The van der Waals surface area contributed by atoms with Crippen LogP contribution in [0.1, 0.15) is 25.7 Å². The molecule has 0 atom stereocenters. The van der Waals surface area contributed by atoms with E-state index in [0.717, 1.165) is 12.8 Å². The number of carbonyl (C=O) groups excluding carboxylic acids is 1. The summed E-state index contributed by atoms with van der Waals surface area (Å²) < 4.78 is 0. The minimum atomic E-state index is -1.19. The Morgan fingerprint density at radius 1 is 1.45 bits per heavy atom. The van der Waals surface area contributed by atoms with Crippen LogP contribution in [0.5, 0.6) is 0 Å². The van der Waals surface area contributed by atoms with Crippen LogP contribution in [0.4, 0.5) is 0 Å². The maximum absolute atomic E-state index is 10.4. The normalized spacial score (nSPS) is 19.9. The van der Waals surface area contributed by atoms with E-state index in [-0.39, 0.29) is 29.6 Å². The summed E-state index contributed by atoms with van der Waals surface area (Å²) in [5, 5.41) is 10.4. The summed E-state index contributed by atoms with van der Waals surface area (Å²) in [5.74, 6) is -1.19. The van der Waals surface area contributed by atoms with Crippen molar-refractivity contribution in [3.8, 4) is 0 Å². The molecule has 0 unspecified atom stereocenters. The SMILES string of the molecule is [C-]#[N+]C1(C(=O)[O-])CCCC1.[Na+]. The van der Waals surface area contributed by atoms with Gasteiger partial charge in [0.1, 0.15) is 5.97 Å². The van der Waals surface area contributed by atoms with Gasteiger partial charge in [-0.1, -0.05) is 0 Å². The van der Waals surface area contributed by atoms with Gasteiger partial charge in [-0.25, -0.2) is 6.57 Å². The number of nitrogens with zero attached hydrogens (tertiary/aromatic N) is 1. The van der Waals surface area contributed by atoms with Crippen LogP contribution in [-0.4, -0.2) is 11.5 Å². The summed E-state index contributed by atoms with van der Waals surface area (Å²) in [5.41, 5.74) is -1.17. The minimum absolute atomic E-state index is 0. The number of carboxylic acids is 1. The summed E-state index contributed by atoms with van der Waals surface area (Å²) in [7, 11) is 0. The van der Waals surface area contributed by atoms with Crippen molar-refractivity contribution in [1.29, 1.82) is 0 Å². The molecule has 0 heterocycles. The van der Waals surface area contributed by atoms with E-state index in [9.17, 15) is 9.90 Å². The molecule has 1 rings (SSSR count). The van der Waals surface area contributed by atoms with Gasteiger partial charge in [-0.05, 0) is 12.8 Å². The Balaban J connectivity index is 0.000001000. The van der Waals surface area contributed by atoms with Gasteiger partial charge in [0.05, 0.1) is 0 Å². The Morgan fingerprint density at radius 2 is 1.91 bits per heavy atom. The Kier molecular flexibility index (Phi) is 4.09. The molecular formula is C7H8NNaO2. The second kappa shape index (κ2) is 4.10. The largest absolute Gasteiger partial charge is 1.00 e. The van der Waals surface area contributed by atoms with Gasteiger partial charge in [0, 0.05) is 12.8 Å². The summed E-state index contributed by atoms with van der Waals surface area (Å²) >= 11 is 0. The first-order valence-electron chi connectivity index (χ1n) is 3.31. The fourth-order valence-electron chi connectivity index (χ4n) is 1.32. The van der Waals surface area contributed by atoms with Gasteiger partial charge >= 0.3 is 29.6 Å². The van der Waals surface area contributed by atoms with Crippen LogP contribution >= 0.6 is 0 Å². The number of carbonyl (C=O) groups is 1. The summed E-state index contributed by atoms with van der Waals surface area (Å²) in [4.78, 5) is 13.5. The number of carboxylic acid groups (broad SMARTS) is 1. The third-order valence-corrected chi connectivity index (χ3v) is 2.02. The molecule has 1 aliphatic carbocycles. The van der Waals surface area contributed by atoms with Gasteiger partial charge in [0.15, 0.2) is 0 Å². The second-order valence-corrected chi connectivity index (χ2v) is 2.64. The standard InChI is InChI=1S/C7H9NO2.Na/c1-8-7(6(9)10)4-2-3-5-7;/h2-5H2,(H,9,10);/q;+1/p-1. The molecule has 0 bridgehead atoms. The molecule has 1 saturated carbocycles. The molecule has 0 aromatic carbocycles. The van der Waals surface area contributed by atoms with E-state index in [1.165, 1.54) is 0 Å². The fourth-order valence-corrected chi connectivity index (χ4v) is 1.32. The smallest absolute Gasteiger partial charge is 0.542 e. The van der Waals surface area contributed by atoms with Gasteiger partial charge in [-0.2, -0.15) is 0 Å². The molecule has 1 aliphatic rings. The van der Waals surface area contributed by atoms with Gasteiger partial charge in [0.2, 0.25) is 0 Å². The molecule has 3 nitrogen and oxygen atoms in total. The molecule has 0 saturated heterocycles. The van der Waals surface area contributed by atoms with Crippen LogP contribution in [0.2, 0.25) is 0 Å². The molecule has 1 fully saturated rings. The quantitative estimate of drug-likeness (QED) is 0.303. The summed E-state index contributed by atoms with van der Waals surface area (Å²) in [6.45, 7) is 6.68. The average Bonchev–Trinajstić information content (AvgIpc) is 2.35. The topological polar surface area (TPSA) is 44.5 Å². The first kappa shape index (κ1) is 11.0. The van der Waals surface area contributed by atoms with E-state index in [2.05, 4.69) is 4.85 Å². The number of aliphatic carboxylic acids is 1. The monoisotopic (exact) mass is 161 g/mol. The van der Waals surface area contributed by atoms with Crippen molar-refractivity contribution in [3.05, 3.63) is 11.4 Å². The van der Waals surface area contributed by atoms with Crippen LogP contribution in [0, 0.1) is 6.57 Å². The molecular weight excluding hydrogens is 153 g/mol. The summed E-state index contributed by atoms with van der Waals surface area (Å²) in [6.07, 6.45) is 2.63. The maximum atomic E-state index is 10.4. The fraction of sp³-hybridized carbons (Fsp3) is 0.714. The van der Waals surface area contributed by atoms with E-state index < -0.39 is 11.5 Å². The molecule has 0 aromatic rings. The molecule has 0 aliphatic heterocycles. The van der Waals surface area contributed by atoms with Crippen molar-refractivity contribution in [3.63, 3.8) is 0 Å². The number of hydrogen-bond donors (Lipinski definition) is 0.